The molecule has 40 heavy (non-hydrogen) atoms. The van der Waals surface area contributed by atoms with Crippen LogP contribution in [-0.2, 0) is 32.9 Å². The van der Waals surface area contributed by atoms with Gasteiger partial charge in [-0.25, -0.2) is 14.1 Å². The Morgan fingerprint density at radius 3 is 2.58 bits per heavy atom. The number of nitriles is 1. The summed E-state index contributed by atoms with van der Waals surface area (Å²) in [6.07, 6.45) is -3.80. The summed E-state index contributed by atoms with van der Waals surface area (Å²) in [6, 6.07) is 7.18. The lowest BCUT2D eigenvalue weighted by molar-refractivity contribution is -0.187. The van der Waals surface area contributed by atoms with Crippen molar-refractivity contribution in [3.05, 3.63) is 65.0 Å². The number of hydrogen-bond acceptors (Lipinski definition) is 6. The largest absolute Gasteiger partial charge is 0.427 e. The molecule has 1 heterocycles. The van der Waals surface area contributed by atoms with Gasteiger partial charge in [0.25, 0.3) is 5.91 Å². The van der Waals surface area contributed by atoms with Crippen molar-refractivity contribution in [2.45, 2.75) is 44.1 Å². The summed E-state index contributed by atoms with van der Waals surface area (Å²) in [5.41, 5.74) is 0.111. The first kappa shape index (κ1) is 28.3. The smallest absolute Gasteiger partial charge is 0.418 e. The number of nitrogens with zero attached hydrogens (tertiary/aromatic N) is 4. The van der Waals surface area contributed by atoms with E-state index in [2.05, 4.69) is 15.6 Å². The van der Waals surface area contributed by atoms with Gasteiger partial charge < -0.3 is 15.0 Å². The fourth-order valence-corrected chi connectivity index (χ4v) is 4.69. The van der Waals surface area contributed by atoms with Gasteiger partial charge in [-0.1, -0.05) is 18.2 Å². The molecule has 0 aromatic heterocycles. The molecular weight excluding hydrogens is 536 g/mol. The standard InChI is InChI=1S/C26H24F4N6O4/c1-15(26(28,29)30)35(12-16-3-5-18(27)6-4-16)21(37)13-36-22(38)25(40-24(36)39)10-9-17-11-19(7-8-20(17)25)34-23(32-2)33-14-31/h3-8,11,15H,9-10,12-13H2,1-2H3,(H2,32,33,34)/t15-,25+/m0/s1. The number of amides is 3. The lowest BCUT2D eigenvalue weighted by Gasteiger charge is -2.31. The molecule has 10 nitrogen and oxygen atoms in total. The van der Waals surface area contributed by atoms with Crippen LogP contribution in [0.15, 0.2) is 47.5 Å². The molecule has 210 valence electrons. The van der Waals surface area contributed by atoms with Crippen molar-refractivity contribution < 1.29 is 36.7 Å². The van der Waals surface area contributed by atoms with Gasteiger partial charge in [-0.2, -0.15) is 18.4 Å². The second kappa shape index (κ2) is 10.8. The monoisotopic (exact) mass is 560 g/mol. The van der Waals surface area contributed by atoms with E-state index in [1.54, 1.807) is 24.4 Å². The Kier molecular flexibility index (Phi) is 7.68. The molecule has 14 heteroatoms. The average molecular weight is 561 g/mol. The number of carbonyl (C=O) groups excluding carboxylic acids is 3. The van der Waals surface area contributed by atoms with Gasteiger partial charge >= 0.3 is 12.3 Å². The van der Waals surface area contributed by atoms with Gasteiger partial charge in [0.2, 0.25) is 17.5 Å². The van der Waals surface area contributed by atoms with Gasteiger partial charge in [0, 0.05) is 31.3 Å². The number of fused-ring (bicyclic) bond motifs is 2. The Hall–Kier alpha value is -4.67. The molecule has 2 aromatic carbocycles. The number of hydrogen-bond donors (Lipinski definition) is 2. The Morgan fingerprint density at radius 2 is 1.95 bits per heavy atom. The molecule has 4 rings (SSSR count). The van der Waals surface area contributed by atoms with E-state index in [4.69, 9.17) is 10.00 Å². The summed E-state index contributed by atoms with van der Waals surface area (Å²) >= 11 is 0. The molecule has 3 amide bonds. The van der Waals surface area contributed by atoms with Gasteiger partial charge in [-0.05, 0) is 48.7 Å². The van der Waals surface area contributed by atoms with Crippen LogP contribution >= 0.6 is 0 Å². The summed E-state index contributed by atoms with van der Waals surface area (Å²) in [7, 11) is 1.47. The number of ether oxygens (including phenoxy) is 1. The zero-order chi connectivity index (χ0) is 29.2. The molecule has 1 aliphatic heterocycles. The summed E-state index contributed by atoms with van der Waals surface area (Å²) in [4.78, 5) is 44.3. The maximum absolute atomic E-state index is 13.6. The molecule has 0 saturated carbocycles. The molecule has 0 radical (unpaired) electrons. The van der Waals surface area contributed by atoms with Crippen LogP contribution in [0.4, 0.5) is 28.0 Å². The number of halogens is 4. The Balaban J connectivity index is 1.55. The highest BCUT2D eigenvalue weighted by molar-refractivity contribution is 6.06. The lowest BCUT2D eigenvalue weighted by atomic mass is 9.94. The van der Waals surface area contributed by atoms with Crippen molar-refractivity contribution in [3.63, 3.8) is 0 Å². The van der Waals surface area contributed by atoms with E-state index >= 15 is 0 Å². The predicted molar refractivity (Wildman–Crippen MR) is 133 cm³/mol. The fraction of sp³-hybridized carbons (Fsp3) is 0.346. The number of nitrogens with one attached hydrogen (secondary N) is 2. The van der Waals surface area contributed by atoms with Crippen molar-refractivity contribution in [2.24, 2.45) is 4.99 Å². The normalized spacial score (nSPS) is 19.2. The van der Waals surface area contributed by atoms with Gasteiger partial charge in [0.1, 0.15) is 18.4 Å². The number of rotatable bonds is 6. The zero-order valence-electron chi connectivity index (χ0n) is 21.4. The van der Waals surface area contributed by atoms with Crippen LogP contribution < -0.4 is 10.6 Å². The summed E-state index contributed by atoms with van der Waals surface area (Å²) < 4.78 is 59.6. The van der Waals surface area contributed by atoms with Crippen molar-refractivity contribution in [1.82, 2.24) is 15.1 Å². The van der Waals surface area contributed by atoms with Crippen LogP contribution in [0.25, 0.3) is 0 Å². The predicted octanol–water partition coefficient (Wildman–Crippen LogP) is 3.39. The van der Waals surface area contributed by atoms with Crippen LogP contribution in [0.5, 0.6) is 0 Å². The highest BCUT2D eigenvalue weighted by atomic mass is 19.4. The van der Waals surface area contributed by atoms with Gasteiger partial charge in [-0.3, -0.25) is 19.9 Å². The number of aryl methyl sites for hydroxylation is 1. The third-order valence-electron chi connectivity index (χ3n) is 6.84. The van der Waals surface area contributed by atoms with Crippen molar-refractivity contribution in [2.75, 3.05) is 18.9 Å². The zero-order valence-corrected chi connectivity index (χ0v) is 21.4. The second-order valence-corrected chi connectivity index (χ2v) is 9.26. The van der Waals surface area contributed by atoms with Crippen molar-refractivity contribution in [3.8, 4) is 6.19 Å². The third kappa shape index (κ3) is 5.40. The number of alkyl halides is 3. The first-order valence-corrected chi connectivity index (χ1v) is 12.1. The van der Waals surface area contributed by atoms with Gasteiger partial charge in [0.05, 0.1) is 0 Å². The molecule has 2 aromatic rings. The molecule has 1 aliphatic carbocycles. The van der Waals surface area contributed by atoms with Crippen LogP contribution in [0.1, 0.15) is 30.0 Å². The van der Waals surface area contributed by atoms with Gasteiger partial charge in [-0.15, -0.1) is 0 Å². The van der Waals surface area contributed by atoms with E-state index in [0.29, 0.717) is 33.0 Å². The van der Waals surface area contributed by atoms with Crippen molar-refractivity contribution >= 4 is 29.6 Å². The number of imide groups is 1. The molecule has 0 unspecified atom stereocenters. The topological polar surface area (TPSA) is 127 Å². The van der Waals surface area contributed by atoms with Crippen LogP contribution in [0.2, 0.25) is 0 Å². The molecule has 1 fully saturated rings. The first-order valence-electron chi connectivity index (χ1n) is 12.1. The maximum Gasteiger partial charge on any atom is 0.418 e. The molecule has 0 bridgehead atoms. The number of anilines is 1. The number of guanidine groups is 1. The van der Waals surface area contributed by atoms with E-state index in [9.17, 15) is 31.9 Å². The maximum atomic E-state index is 13.6. The Morgan fingerprint density at radius 1 is 1.25 bits per heavy atom. The van der Waals surface area contributed by atoms with E-state index < -0.39 is 54.6 Å². The molecule has 2 atom stereocenters. The third-order valence-corrected chi connectivity index (χ3v) is 6.84. The number of benzene rings is 2. The molecule has 1 spiro atoms. The second-order valence-electron chi connectivity index (χ2n) is 9.26. The minimum Gasteiger partial charge on any atom is -0.427 e. The van der Waals surface area contributed by atoms with Crippen LogP contribution in [-0.4, -0.2) is 59.5 Å². The quantitative estimate of drug-likeness (QED) is 0.182. The highest BCUT2D eigenvalue weighted by Crippen LogP contribution is 2.46. The Bertz CT molecular complexity index is 1410. The first-order chi connectivity index (χ1) is 18.9. The molecular formula is C26H24F4N6O4. The molecule has 2 aliphatic rings. The van der Waals surface area contributed by atoms with E-state index in [0.717, 1.165) is 19.1 Å². The van der Waals surface area contributed by atoms with Gasteiger partial charge in [0.15, 0.2) is 6.19 Å². The molecule has 2 N–H and O–H groups in total. The van der Waals surface area contributed by atoms with Crippen LogP contribution in [0.3, 0.4) is 0 Å². The summed E-state index contributed by atoms with van der Waals surface area (Å²) in [5.74, 6) is -2.40. The minimum absolute atomic E-state index is 0.0739. The van der Waals surface area contributed by atoms with Crippen molar-refractivity contribution in [1.29, 1.82) is 5.26 Å². The number of aliphatic imine (C=N–C) groups is 1. The Labute approximate surface area is 226 Å². The van der Waals surface area contributed by atoms with E-state index in [-0.39, 0.29) is 17.9 Å². The molecule has 1 saturated heterocycles. The number of carbonyl (C=O) groups is 3. The summed E-state index contributed by atoms with van der Waals surface area (Å²) in [5, 5.41) is 14.1. The highest BCUT2D eigenvalue weighted by Gasteiger charge is 2.58. The lowest BCUT2D eigenvalue weighted by Crippen LogP contribution is -2.51. The minimum atomic E-state index is -4.80. The van der Waals surface area contributed by atoms with E-state index in [1.165, 1.54) is 19.2 Å². The summed E-state index contributed by atoms with van der Waals surface area (Å²) in [6.45, 7) is -0.705. The van der Waals surface area contributed by atoms with Crippen LogP contribution in [0, 0.1) is 17.3 Å². The average Bonchev–Trinajstić information content (AvgIpc) is 3.38. The SMILES string of the molecule is CN=C(NC#N)Nc1ccc2c(c1)CC[C@@]21OC(=O)N(CC(=O)N(Cc2ccc(F)cc2)[C@@H](C)C(F)(F)F)C1=O. The van der Waals surface area contributed by atoms with E-state index in [1.807, 2.05) is 0 Å². The fourth-order valence-electron chi connectivity index (χ4n) is 4.69.